The van der Waals surface area contributed by atoms with Crippen LogP contribution in [0.4, 0.5) is 10.1 Å². The van der Waals surface area contributed by atoms with Crippen molar-refractivity contribution < 1.29 is 13.9 Å². The minimum absolute atomic E-state index is 0.000191. The average molecular weight is 266 g/mol. The first-order valence-electron chi connectivity index (χ1n) is 6.50. The summed E-state index contributed by atoms with van der Waals surface area (Å²) in [5.74, 6) is -0.618. The van der Waals surface area contributed by atoms with Gasteiger partial charge in [-0.3, -0.25) is 4.79 Å². The predicted molar refractivity (Wildman–Crippen MR) is 71.3 cm³/mol. The van der Waals surface area contributed by atoms with E-state index < -0.39 is 5.82 Å². The van der Waals surface area contributed by atoms with E-state index in [-0.39, 0.29) is 23.7 Å². The van der Waals surface area contributed by atoms with Crippen LogP contribution in [-0.4, -0.2) is 36.1 Å². The fourth-order valence-corrected chi connectivity index (χ4v) is 2.27. The second kappa shape index (κ2) is 5.57. The molecule has 0 aliphatic carbocycles. The smallest absolute Gasteiger partial charge is 0.254 e. The maximum absolute atomic E-state index is 13.1. The molecule has 0 bridgehead atoms. The van der Waals surface area contributed by atoms with Crippen molar-refractivity contribution in [1.29, 1.82) is 0 Å². The molecule has 0 aromatic heterocycles. The van der Waals surface area contributed by atoms with E-state index in [1.54, 1.807) is 4.90 Å². The van der Waals surface area contributed by atoms with Gasteiger partial charge in [0, 0.05) is 12.1 Å². The Morgan fingerprint density at radius 1 is 1.58 bits per heavy atom. The van der Waals surface area contributed by atoms with Crippen LogP contribution >= 0.6 is 0 Å². The molecule has 2 N–H and O–H groups in total. The number of hydrogen-bond donors (Lipinski definition) is 1. The molecule has 0 radical (unpaired) electrons. The summed E-state index contributed by atoms with van der Waals surface area (Å²) in [6, 6.07) is 4.16. The van der Waals surface area contributed by atoms with E-state index in [4.69, 9.17) is 10.5 Å². The molecule has 19 heavy (non-hydrogen) atoms. The highest BCUT2D eigenvalue weighted by molar-refractivity contribution is 5.95. The van der Waals surface area contributed by atoms with Crippen molar-refractivity contribution in [1.82, 2.24) is 4.90 Å². The van der Waals surface area contributed by atoms with Gasteiger partial charge in [-0.25, -0.2) is 4.39 Å². The third-order valence-electron chi connectivity index (χ3n) is 3.44. The van der Waals surface area contributed by atoms with Gasteiger partial charge in [0.15, 0.2) is 0 Å². The lowest BCUT2D eigenvalue weighted by Gasteiger charge is -2.38. The first-order valence-corrected chi connectivity index (χ1v) is 6.50. The van der Waals surface area contributed by atoms with Crippen LogP contribution in [0.1, 0.15) is 30.6 Å². The van der Waals surface area contributed by atoms with E-state index in [0.29, 0.717) is 18.7 Å². The highest BCUT2D eigenvalue weighted by Gasteiger charge is 2.30. The van der Waals surface area contributed by atoms with Crippen molar-refractivity contribution in [3.63, 3.8) is 0 Å². The van der Waals surface area contributed by atoms with Gasteiger partial charge in [-0.05, 0) is 31.5 Å². The van der Waals surface area contributed by atoms with Crippen LogP contribution in [0.2, 0.25) is 0 Å². The summed E-state index contributed by atoms with van der Waals surface area (Å²) in [5.41, 5.74) is 5.93. The lowest BCUT2D eigenvalue weighted by Crippen LogP contribution is -2.51. The van der Waals surface area contributed by atoms with Crippen molar-refractivity contribution in [2.75, 3.05) is 18.9 Å². The van der Waals surface area contributed by atoms with Crippen molar-refractivity contribution in [3.8, 4) is 0 Å². The molecule has 5 heteroatoms. The first kappa shape index (κ1) is 13.8. The topological polar surface area (TPSA) is 55.6 Å². The largest absolute Gasteiger partial charge is 0.396 e. The summed E-state index contributed by atoms with van der Waals surface area (Å²) >= 11 is 0. The van der Waals surface area contributed by atoms with Gasteiger partial charge >= 0.3 is 0 Å². The highest BCUT2D eigenvalue weighted by atomic mass is 19.1. The second-order valence-electron chi connectivity index (χ2n) is 4.90. The molecule has 1 amide bonds. The number of halogens is 1. The van der Waals surface area contributed by atoms with Gasteiger partial charge in [0.2, 0.25) is 0 Å². The van der Waals surface area contributed by atoms with Crippen LogP contribution in [0.15, 0.2) is 18.2 Å². The van der Waals surface area contributed by atoms with Gasteiger partial charge in [-0.2, -0.15) is 0 Å². The lowest BCUT2D eigenvalue weighted by molar-refractivity contribution is -0.0444. The zero-order valence-corrected chi connectivity index (χ0v) is 11.2. The predicted octanol–water partition coefficient (Wildman–Crippen LogP) is 2.05. The summed E-state index contributed by atoms with van der Waals surface area (Å²) in [5, 5.41) is 0. The molecule has 1 fully saturated rings. The number of nitrogens with two attached hydrogens (primary N) is 1. The van der Waals surface area contributed by atoms with Gasteiger partial charge in [-0.1, -0.05) is 6.92 Å². The third kappa shape index (κ3) is 2.87. The lowest BCUT2D eigenvalue weighted by atomic mass is 10.1. The molecule has 1 saturated heterocycles. The molecule has 2 unspecified atom stereocenters. The molecule has 1 heterocycles. The van der Waals surface area contributed by atoms with Crippen molar-refractivity contribution in [3.05, 3.63) is 29.6 Å². The first-order chi connectivity index (χ1) is 9.02. The number of benzene rings is 1. The van der Waals surface area contributed by atoms with E-state index in [1.165, 1.54) is 18.2 Å². The number of anilines is 1. The van der Waals surface area contributed by atoms with Crippen LogP contribution in [0.25, 0.3) is 0 Å². The average Bonchev–Trinajstić information content (AvgIpc) is 2.41. The SMILES string of the molecule is CCC1COC(C)CN1C(=O)c1ccc(F)c(N)c1. The van der Waals surface area contributed by atoms with Crippen LogP contribution in [0.5, 0.6) is 0 Å². The Morgan fingerprint density at radius 3 is 2.95 bits per heavy atom. The van der Waals surface area contributed by atoms with Crippen LogP contribution in [0, 0.1) is 5.82 Å². The summed E-state index contributed by atoms with van der Waals surface area (Å²) in [6.07, 6.45) is 0.847. The van der Waals surface area contributed by atoms with E-state index in [9.17, 15) is 9.18 Å². The Hall–Kier alpha value is -1.62. The standard InChI is InChI=1S/C14H19FN2O2/c1-3-11-8-19-9(2)7-17(11)14(18)10-4-5-12(15)13(16)6-10/h4-6,9,11H,3,7-8,16H2,1-2H3. The van der Waals surface area contributed by atoms with Crippen LogP contribution in [-0.2, 0) is 4.74 Å². The number of nitrogen functional groups attached to an aromatic ring is 1. The zero-order valence-electron chi connectivity index (χ0n) is 11.2. The summed E-state index contributed by atoms with van der Waals surface area (Å²) < 4.78 is 18.7. The Balaban J connectivity index is 2.23. The number of hydrogen-bond acceptors (Lipinski definition) is 3. The van der Waals surface area contributed by atoms with E-state index in [1.807, 2.05) is 13.8 Å². The number of nitrogens with zero attached hydrogens (tertiary/aromatic N) is 1. The molecule has 1 aromatic rings. The fourth-order valence-electron chi connectivity index (χ4n) is 2.27. The Morgan fingerprint density at radius 2 is 2.32 bits per heavy atom. The number of rotatable bonds is 2. The van der Waals surface area contributed by atoms with Crippen molar-refractivity contribution >= 4 is 11.6 Å². The van der Waals surface area contributed by atoms with E-state index >= 15 is 0 Å². The Bertz CT molecular complexity index is 479. The molecule has 4 nitrogen and oxygen atoms in total. The molecule has 0 spiro atoms. The van der Waals surface area contributed by atoms with Crippen molar-refractivity contribution in [2.24, 2.45) is 0 Å². The third-order valence-corrected chi connectivity index (χ3v) is 3.44. The number of carbonyl (C=O) groups is 1. The van der Waals surface area contributed by atoms with Crippen LogP contribution in [0.3, 0.4) is 0 Å². The molecule has 1 aliphatic rings. The molecule has 2 atom stereocenters. The minimum Gasteiger partial charge on any atom is -0.396 e. The Kier molecular flexibility index (Phi) is 4.04. The van der Waals surface area contributed by atoms with Gasteiger partial charge in [0.05, 0.1) is 24.4 Å². The van der Waals surface area contributed by atoms with Crippen molar-refractivity contribution in [2.45, 2.75) is 32.4 Å². The van der Waals surface area contributed by atoms with Gasteiger partial charge in [-0.15, -0.1) is 0 Å². The van der Waals surface area contributed by atoms with Crippen LogP contribution < -0.4 is 5.73 Å². The molecule has 2 rings (SSSR count). The quantitative estimate of drug-likeness (QED) is 0.833. The zero-order chi connectivity index (χ0) is 14.0. The molecule has 1 aliphatic heterocycles. The molecular weight excluding hydrogens is 247 g/mol. The van der Waals surface area contributed by atoms with E-state index in [2.05, 4.69) is 0 Å². The number of amides is 1. The van der Waals surface area contributed by atoms with Gasteiger partial charge < -0.3 is 15.4 Å². The Labute approximate surface area is 112 Å². The minimum atomic E-state index is -0.501. The summed E-state index contributed by atoms with van der Waals surface area (Å²) in [6.45, 7) is 5.04. The fraction of sp³-hybridized carbons (Fsp3) is 0.500. The number of morpholine rings is 1. The van der Waals surface area contributed by atoms with Gasteiger partial charge in [0.25, 0.3) is 5.91 Å². The number of ether oxygens (including phenoxy) is 1. The maximum Gasteiger partial charge on any atom is 0.254 e. The monoisotopic (exact) mass is 266 g/mol. The molecular formula is C14H19FN2O2. The highest BCUT2D eigenvalue weighted by Crippen LogP contribution is 2.20. The molecule has 104 valence electrons. The summed E-state index contributed by atoms with van der Waals surface area (Å²) in [4.78, 5) is 14.3. The number of carbonyl (C=O) groups excluding carboxylic acids is 1. The molecule has 1 aromatic carbocycles. The second-order valence-corrected chi connectivity index (χ2v) is 4.90. The normalized spacial score (nSPS) is 23.4. The summed E-state index contributed by atoms with van der Waals surface area (Å²) in [7, 11) is 0. The molecule has 0 saturated carbocycles. The van der Waals surface area contributed by atoms with Gasteiger partial charge in [0.1, 0.15) is 5.82 Å². The maximum atomic E-state index is 13.1. The van der Waals surface area contributed by atoms with E-state index in [0.717, 1.165) is 6.42 Å².